The van der Waals surface area contributed by atoms with Crippen molar-refractivity contribution >= 4 is 0 Å². The Bertz CT molecular complexity index is 408. The van der Waals surface area contributed by atoms with Gasteiger partial charge in [-0.2, -0.15) is 13.2 Å². The zero-order chi connectivity index (χ0) is 15.0. The first-order valence-electron chi connectivity index (χ1n) is 6.78. The van der Waals surface area contributed by atoms with E-state index < -0.39 is 12.6 Å². The number of aromatic nitrogens is 1. The molecule has 0 aliphatic carbocycles. The quantitative estimate of drug-likeness (QED) is 0.743. The molecule has 0 radical (unpaired) electrons. The molecule has 0 unspecified atom stereocenters. The van der Waals surface area contributed by atoms with Crippen LogP contribution in [0, 0.1) is 6.92 Å². The number of hydrogen-bond donors (Lipinski definition) is 1. The van der Waals surface area contributed by atoms with Crippen molar-refractivity contribution < 1.29 is 17.9 Å². The summed E-state index contributed by atoms with van der Waals surface area (Å²) < 4.78 is 41.6. The van der Waals surface area contributed by atoms with Crippen LogP contribution >= 0.6 is 0 Å². The van der Waals surface area contributed by atoms with E-state index in [1.54, 1.807) is 12.3 Å². The SMILES string of the molecule is CCCNCc1cnc(C)cc1OCCCC(F)(F)F. The van der Waals surface area contributed by atoms with Crippen LogP contribution in [-0.4, -0.2) is 24.3 Å². The smallest absolute Gasteiger partial charge is 0.389 e. The van der Waals surface area contributed by atoms with E-state index in [1.165, 1.54) is 0 Å². The van der Waals surface area contributed by atoms with E-state index in [-0.39, 0.29) is 13.0 Å². The van der Waals surface area contributed by atoms with Gasteiger partial charge in [-0.1, -0.05) is 6.92 Å². The zero-order valence-corrected chi connectivity index (χ0v) is 11.9. The lowest BCUT2D eigenvalue weighted by Crippen LogP contribution is -2.15. The molecule has 1 heterocycles. The predicted molar refractivity (Wildman–Crippen MR) is 71.8 cm³/mol. The fourth-order valence-corrected chi connectivity index (χ4v) is 1.68. The normalized spacial score (nSPS) is 11.7. The molecule has 0 saturated heterocycles. The van der Waals surface area contributed by atoms with Gasteiger partial charge in [0.25, 0.3) is 0 Å². The average Bonchev–Trinajstić information content (AvgIpc) is 2.36. The molecule has 0 spiro atoms. The van der Waals surface area contributed by atoms with Crippen LogP contribution in [0.15, 0.2) is 12.3 Å². The van der Waals surface area contributed by atoms with Gasteiger partial charge in [-0.15, -0.1) is 0 Å². The topological polar surface area (TPSA) is 34.2 Å². The van der Waals surface area contributed by atoms with E-state index in [2.05, 4.69) is 17.2 Å². The lowest BCUT2D eigenvalue weighted by atomic mass is 10.2. The molecule has 0 amide bonds. The maximum Gasteiger partial charge on any atom is 0.389 e. The minimum absolute atomic E-state index is 0.0350. The number of hydrogen-bond acceptors (Lipinski definition) is 3. The van der Waals surface area contributed by atoms with Crippen LogP contribution in [0.25, 0.3) is 0 Å². The van der Waals surface area contributed by atoms with Crippen LogP contribution in [0.4, 0.5) is 13.2 Å². The maximum atomic E-state index is 12.1. The first-order valence-corrected chi connectivity index (χ1v) is 6.78. The lowest BCUT2D eigenvalue weighted by molar-refractivity contribution is -0.136. The molecule has 0 atom stereocenters. The summed E-state index contributed by atoms with van der Waals surface area (Å²) in [6.45, 7) is 5.43. The van der Waals surface area contributed by atoms with Crippen LogP contribution in [0.1, 0.15) is 37.4 Å². The summed E-state index contributed by atoms with van der Waals surface area (Å²) in [5.74, 6) is 0.614. The highest BCUT2D eigenvalue weighted by molar-refractivity contribution is 5.32. The summed E-state index contributed by atoms with van der Waals surface area (Å²) in [5.41, 5.74) is 1.66. The second-order valence-corrected chi connectivity index (χ2v) is 4.68. The highest BCUT2D eigenvalue weighted by Gasteiger charge is 2.26. The molecule has 0 fully saturated rings. The molecule has 1 N–H and O–H groups in total. The van der Waals surface area contributed by atoms with E-state index in [0.29, 0.717) is 12.3 Å². The molecule has 6 heteroatoms. The molecule has 3 nitrogen and oxygen atoms in total. The van der Waals surface area contributed by atoms with Gasteiger partial charge in [0.1, 0.15) is 5.75 Å². The molecule has 1 aromatic rings. The number of pyridine rings is 1. The third kappa shape index (κ3) is 6.75. The second kappa shape index (κ2) is 8.09. The standard InChI is InChI=1S/C14H21F3N2O/c1-3-6-18-9-12-10-19-11(2)8-13(12)20-7-4-5-14(15,16)17/h8,10,18H,3-7,9H2,1-2H3. The third-order valence-corrected chi connectivity index (χ3v) is 2.68. The second-order valence-electron chi connectivity index (χ2n) is 4.68. The van der Waals surface area contributed by atoms with E-state index in [4.69, 9.17) is 4.74 Å². The van der Waals surface area contributed by atoms with Crippen molar-refractivity contribution in [3.8, 4) is 5.75 Å². The minimum Gasteiger partial charge on any atom is -0.493 e. The Morgan fingerprint density at radius 2 is 2.10 bits per heavy atom. The van der Waals surface area contributed by atoms with Crippen LogP contribution in [-0.2, 0) is 6.54 Å². The Hall–Kier alpha value is -1.30. The molecule has 0 aliphatic heterocycles. The largest absolute Gasteiger partial charge is 0.493 e. The van der Waals surface area contributed by atoms with Crippen molar-refractivity contribution in [2.75, 3.05) is 13.2 Å². The van der Waals surface area contributed by atoms with Crippen LogP contribution in [0.3, 0.4) is 0 Å². The van der Waals surface area contributed by atoms with Crippen molar-refractivity contribution in [3.63, 3.8) is 0 Å². The van der Waals surface area contributed by atoms with Crippen molar-refractivity contribution in [2.24, 2.45) is 0 Å². The summed E-state index contributed by atoms with van der Waals surface area (Å²) in [5, 5.41) is 3.23. The van der Waals surface area contributed by atoms with Gasteiger partial charge < -0.3 is 10.1 Å². The van der Waals surface area contributed by atoms with Gasteiger partial charge in [0.05, 0.1) is 6.61 Å². The van der Waals surface area contributed by atoms with Crippen LogP contribution in [0.2, 0.25) is 0 Å². The van der Waals surface area contributed by atoms with Gasteiger partial charge in [0.15, 0.2) is 0 Å². The number of aryl methyl sites for hydroxylation is 1. The van der Waals surface area contributed by atoms with Gasteiger partial charge in [0.2, 0.25) is 0 Å². The fraction of sp³-hybridized carbons (Fsp3) is 0.643. The van der Waals surface area contributed by atoms with E-state index in [0.717, 1.165) is 24.2 Å². The van der Waals surface area contributed by atoms with Gasteiger partial charge in [-0.3, -0.25) is 4.98 Å². The van der Waals surface area contributed by atoms with Crippen molar-refractivity contribution in [3.05, 3.63) is 23.5 Å². The lowest BCUT2D eigenvalue weighted by Gasteiger charge is -2.13. The van der Waals surface area contributed by atoms with Crippen molar-refractivity contribution in [1.29, 1.82) is 0 Å². The van der Waals surface area contributed by atoms with Gasteiger partial charge >= 0.3 is 6.18 Å². The van der Waals surface area contributed by atoms with Crippen LogP contribution < -0.4 is 10.1 Å². The van der Waals surface area contributed by atoms with Crippen LogP contribution in [0.5, 0.6) is 5.75 Å². The van der Waals surface area contributed by atoms with Gasteiger partial charge in [-0.05, 0) is 26.3 Å². The molecule has 0 saturated carbocycles. The molecule has 20 heavy (non-hydrogen) atoms. The molecule has 0 aromatic carbocycles. The highest BCUT2D eigenvalue weighted by atomic mass is 19.4. The van der Waals surface area contributed by atoms with E-state index in [9.17, 15) is 13.2 Å². The minimum atomic E-state index is -4.12. The molecular weight excluding hydrogens is 269 g/mol. The maximum absolute atomic E-state index is 12.1. The Morgan fingerprint density at radius 3 is 2.75 bits per heavy atom. The first kappa shape index (κ1) is 16.8. The highest BCUT2D eigenvalue weighted by Crippen LogP contribution is 2.23. The molecule has 1 rings (SSSR count). The third-order valence-electron chi connectivity index (χ3n) is 2.68. The van der Waals surface area contributed by atoms with E-state index in [1.807, 2.05) is 6.92 Å². The number of alkyl halides is 3. The fourth-order valence-electron chi connectivity index (χ4n) is 1.68. The molecule has 1 aromatic heterocycles. The van der Waals surface area contributed by atoms with Crippen molar-refractivity contribution in [1.82, 2.24) is 10.3 Å². The summed E-state index contributed by atoms with van der Waals surface area (Å²) in [4.78, 5) is 4.19. The Labute approximate surface area is 117 Å². The Kier molecular flexibility index (Phi) is 6.78. The number of halogens is 3. The molecular formula is C14H21F3N2O. The summed E-state index contributed by atoms with van der Waals surface area (Å²) in [6, 6.07) is 1.76. The number of rotatable bonds is 8. The summed E-state index contributed by atoms with van der Waals surface area (Å²) in [7, 11) is 0. The van der Waals surface area contributed by atoms with E-state index >= 15 is 0 Å². The average molecular weight is 290 g/mol. The predicted octanol–water partition coefficient (Wildman–Crippen LogP) is 3.61. The molecule has 114 valence electrons. The number of ether oxygens (including phenoxy) is 1. The van der Waals surface area contributed by atoms with Gasteiger partial charge in [-0.25, -0.2) is 0 Å². The summed E-state index contributed by atoms with van der Waals surface area (Å²) in [6.07, 6.45) is -2.26. The van der Waals surface area contributed by atoms with Crippen molar-refractivity contribution in [2.45, 2.75) is 45.8 Å². The monoisotopic (exact) mass is 290 g/mol. The molecule has 0 aliphatic rings. The number of nitrogens with one attached hydrogen (secondary N) is 1. The zero-order valence-electron chi connectivity index (χ0n) is 11.9. The number of nitrogens with zero attached hydrogens (tertiary/aromatic N) is 1. The Balaban J connectivity index is 2.51. The Morgan fingerprint density at radius 1 is 1.35 bits per heavy atom. The molecule has 0 bridgehead atoms. The first-order chi connectivity index (χ1) is 9.42. The summed E-state index contributed by atoms with van der Waals surface area (Å²) >= 11 is 0. The van der Waals surface area contributed by atoms with Gasteiger partial charge in [0, 0.05) is 36.5 Å².